The Morgan fingerprint density at radius 3 is 2.81 bits per heavy atom. The zero-order valence-corrected chi connectivity index (χ0v) is 17.8. The van der Waals surface area contributed by atoms with E-state index < -0.39 is 0 Å². The maximum atomic E-state index is 12.5. The van der Waals surface area contributed by atoms with E-state index in [9.17, 15) is 9.59 Å². The molecule has 1 saturated heterocycles. The van der Waals surface area contributed by atoms with Gasteiger partial charge in [-0.05, 0) is 36.1 Å². The van der Waals surface area contributed by atoms with Gasteiger partial charge in [-0.25, -0.2) is 4.99 Å². The molecule has 2 unspecified atom stereocenters. The standard InChI is InChI=1S/C25H28N4O2/c1-2-7-18-8-6-9-19(14-18)22-15-24(28-29(22)21-10-4-3-5-11-21)26-17-23(30)20-12-13-25(31)27-16-20/h3-6,8-11,14,17,20,22H,2,7,12-13,15-16H2,1H3,(H,27,31)/b26-17+. The minimum Gasteiger partial charge on any atom is -0.355 e. The predicted molar refractivity (Wildman–Crippen MR) is 123 cm³/mol. The lowest BCUT2D eigenvalue weighted by molar-refractivity contribution is -0.124. The lowest BCUT2D eigenvalue weighted by Gasteiger charge is -2.24. The molecule has 2 heterocycles. The molecule has 31 heavy (non-hydrogen) atoms. The van der Waals surface area contributed by atoms with Gasteiger partial charge in [-0.2, -0.15) is 5.10 Å². The summed E-state index contributed by atoms with van der Waals surface area (Å²) < 4.78 is 0. The fraction of sp³-hybridized carbons (Fsp3) is 0.360. The van der Waals surface area contributed by atoms with E-state index in [1.54, 1.807) is 0 Å². The second kappa shape index (κ2) is 9.69. The molecule has 6 heteroatoms. The second-order valence-electron chi connectivity index (χ2n) is 8.11. The number of amides is 1. The molecule has 1 fully saturated rings. The summed E-state index contributed by atoms with van der Waals surface area (Å²) >= 11 is 0. The van der Waals surface area contributed by atoms with Crippen LogP contribution in [0.3, 0.4) is 0 Å². The highest BCUT2D eigenvalue weighted by Gasteiger charge is 2.30. The smallest absolute Gasteiger partial charge is 0.220 e. The average Bonchev–Trinajstić information content (AvgIpc) is 3.23. The van der Waals surface area contributed by atoms with Crippen LogP contribution in [0, 0.1) is 5.92 Å². The quantitative estimate of drug-likeness (QED) is 0.722. The molecule has 0 radical (unpaired) electrons. The third kappa shape index (κ3) is 5.08. The number of Topliss-reactive ketones (excluding diaryl/α,β-unsaturated/α-hetero) is 1. The Labute approximate surface area is 183 Å². The first kappa shape index (κ1) is 21.0. The molecule has 2 aromatic rings. The van der Waals surface area contributed by atoms with Gasteiger partial charge in [-0.1, -0.05) is 55.8 Å². The zero-order valence-electron chi connectivity index (χ0n) is 17.8. The van der Waals surface area contributed by atoms with Gasteiger partial charge in [-0.3, -0.25) is 14.6 Å². The molecule has 0 bridgehead atoms. The molecule has 160 valence electrons. The molecule has 1 N–H and O–H groups in total. The minimum absolute atomic E-state index is 0.00723. The Morgan fingerprint density at radius 2 is 2.06 bits per heavy atom. The van der Waals surface area contributed by atoms with Gasteiger partial charge >= 0.3 is 0 Å². The van der Waals surface area contributed by atoms with Crippen LogP contribution in [0.5, 0.6) is 0 Å². The maximum Gasteiger partial charge on any atom is 0.220 e. The number of hydrogen-bond acceptors (Lipinski definition) is 5. The van der Waals surface area contributed by atoms with Crippen molar-refractivity contribution in [2.45, 2.75) is 45.1 Å². The molecule has 4 rings (SSSR count). The Kier molecular flexibility index (Phi) is 6.55. The number of ketones is 1. The van der Waals surface area contributed by atoms with Crippen molar-refractivity contribution in [1.29, 1.82) is 0 Å². The van der Waals surface area contributed by atoms with Crippen LogP contribution in [0.4, 0.5) is 5.69 Å². The van der Waals surface area contributed by atoms with Gasteiger partial charge in [0.05, 0.1) is 17.9 Å². The van der Waals surface area contributed by atoms with E-state index >= 15 is 0 Å². The number of benzene rings is 2. The van der Waals surface area contributed by atoms with Gasteiger partial charge in [0, 0.05) is 25.3 Å². The number of rotatable bonds is 6. The molecule has 2 aliphatic rings. The first-order valence-corrected chi connectivity index (χ1v) is 11.0. The first-order valence-electron chi connectivity index (χ1n) is 11.0. The van der Waals surface area contributed by atoms with E-state index in [1.165, 1.54) is 17.3 Å². The van der Waals surface area contributed by atoms with Crippen molar-refractivity contribution in [3.63, 3.8) is 0 Å². The number of carbonyl (C=O) groups excluding carboxylic acids is 2. The normalized spacial score (nSPS) is 21.3. The number of para-hydroxylation sites is 1. The van der Waals surface area contributed by atoms with Crippen molar-refractivity contribution in [3.8, 4) is 0 Å². The third-order valence-corrected chi connectivity index (χ3v) is 5.80. The van der Waals surface area contributed by atoms with Gasteiger partial charge in [0.1, 0.15) is 0 Å². The van der Waals surface area contributed by atoms with Gasteiger partial charge < -0.3 is 5.32 Å². The van der Waals surface area contributed by atoms with E-state index in [4.69, 9.17) is 5.10 Å². The summed E-state index contributed by atoms with van der Waals surface area (Å²) in [5.74, 6) is 0.397. The fourth-order valence-electron chi connectivity index (χ4n) is 4.11. The number of anilines is 1. The monoisotopic (exact) mass is 416 g/mol. The summed E-state index contributed by atoms with van der Waals surface area (Å²) in [5.41, 5.74) is 3.52. The highest BCUT2D eigenvalue weighted by Crippen LogP contribution is 2.35. The Balaban J connectivity index is 1.54. The topological polar surface area (TPSA) is 74.1 Å². The number of piperidine rings is 1. The number of carbonyl (C=O) groups is 2. The number of amidine groups is 1. The number of aliphatic imine (C=N–C) groups is 1. The summed E-state index contributed by atoms with van der Waals surface area (Å²) in [7, 11) is 0. The van der Waals surface area contributed by atoms with Crippen LogP contribution in [0.1, 0.15) is 49.8 Å². The number of nitrogens with zero attached hydrogens (tertiary/aromatic N) is 3. The predicted octanol–water partition coefficient (Wildman–Crippen LogP) is 4.07. The largest absolute Gasteiger partial charge is 0.355 e. The lowest BCUT2D eigenvalue weighted by Crippen LogP contribution is -2.38. The van der Waals surface area contributed by atoms with Gasteiger partial charge in [0.25, 0.3) is 0 Å². The summed E-state index contributed by atoms with van der Waals surface area (Å²) in [5, 5.41) is 9.51. The Bertz CT molecular complexity index is 990. The van der Waals surface area contributed by atoms with Crippen molar-refractivity contribution in [3.05, 3.63) is 65.7 Å². The molecule has 0 saturated carbocycles. The summed E-state index contributed by atoms with van der Waals surface area (Å²) in [4.78, 5) is 28.3. The summed E-state index contributed by atoms with van der Waals surface area (Å²) in [6, 6.07) is 18.7. The van der Waals surface area contributed by atoms with E-state index in [-0.39, 0.29) is 23.7 Å². The van der Waals surface area contributed by atoms with Crippen molar-refractivity contribution in [2.75, 3.05) is 11.6 Å². The van der Waals surface area contributed by atoms with Crippen LogP contribution >= 0.6 is 0 Å². The Hall–Kier alpha value is -3.28. The fourth-order valence-corrected chi connectivity index (χ4v) is 4.11. The van der Waals surface area contributed by atoms with Crippen molar-refractivity contribution in [2.24, 2.45) is 16.0 Å². The molecule has 2 atom stereocenters. The number of nitrogens with one attached hydrogen (secondary N) is 1. The van der Waals surface area contributed by atoms with Crippen molar-refractivity contribution in [1.82, 2.24) is 5.32 Å². The van der Waals surface area contributed by atoms with Gasteiger partial charge in [-0.15, -0.1) is 0 Å². The van der Waals surface area contributed by atoms with Crippen molar-refractivity contribution >= 4 is 29.4 Å². The van der Waals surface area contributed by atoms with Crippen LogP contribution < -0.4 is 10.3 Å². The number of aryl methyl sites for hydroxylation is 1. The Morgan fingerprint density at radius 1 is 1.23 bits per heavy atom. The molecule has 2 aliphatic heterocycles. The zero-order chi connectivity index (χ0) is 21.6. The number of hydrogen-bond donors (Lipinski definition) is 1. The van der Waals surface area contributed by atoms with E-state index in [2.05, 4.69) is 41.5 Å². The molecule has 0 spiro atoms. The minimum atomic E-state index is -0.199. The molecule has 0 aliphatic carbocycles. The third-order valence-electron chi connectivity index (χ3n) is 5.80. The summed E-state index contributed by atoms with van der Waals surface area (Å²) in [6.45, 7) is 2.57. The van der Waals surface area contributed by atoms with E-state index in [0.717, 1.165) is 18.5 Å². The van der Waals surface area contributed by atoms with E-state index in [1.807, 2.05) is 35.3 Å². The highest BCUT2D eigenvalue weighted by molar-refractivity contribution is 6.30. The maximum absolute atomic E-state index is 12.5. The lowest BCUT2D eigenvalue weighted by atomic mass is 9.95. The van der Waals surface area contributed by atoms with Crippen molar-refractivity contribution < 1.29 is 9.59 Å². The molecule has 2 aromatic carbocycles. The second-order valence-corrected chi connectivity index (χ2v) is 8.11. The molecular formula is C25H28N4O2. The number of hydrazone groups is 1. The summed E-state index contributed by atoms with van der Waals surface area (Å²) in [6.07, 6.45) is 5.14. The van der Waals surface area contributed by atoms with Crippen LogP contribution in [0.25, 0.3) is 0 Å². The highest BCUT2D eigenvalue weighted by atomic mass is 16.2. The molecule has 0 aromatic heterocycles. The average molecular weight is 417 g/mol. The first-order chi connectivity index (χ1) is 15.1. The van der Waals surface area contributed by atoms with Gasteiger partial charge in [0.15, 0.2) is 11.6 Å². The van der Waals surface area contributed by atoms with Crippen LogP contribution in [0.2, 0.25) is 0 Å². The van der Waals surface area contributed by atoms with Crippen LogP contribution in [0.15, 0.2) is 64.7 Å². The molecule has 6 nitrogen and oxygen atoms in total. The van der Waals surface area contributed by atoms with Gasteiger partial charge in [0.2, 0.25) is 5.91 Å². The SMILES string of the molecule is CCCc1cccc(C2CC(/N=C/C(=O)C3CCC(=O)NC3)=NN2c2ccccc2)c1. The van der Waals surface area contributed by atoms with Crippen LogP contribution in [-0.4, -0.2) is 30.3 Å². The molecular weight excluding hydrogens is 388 g/mol. The molecule has 1 amide bonds. The van der Waals surface area contributed by atoms with Crippen LogP contribution in [-0.2, 0) is 16.0 Å². The van der Waals surface area contributed by atoms with E-state index in [0.29, 0.717) is 31.6 Å².